The van der Waals surface area contributed by atoms with Gasteiger partial charge >= 0.3 is 0 Å². The van der Waals surface area contributed by atoms with Crippen LogP contribution >= 0.6 is 0 Å². The largest absolute Gasteiger partial charge is 0.326 e. The highest BCUT2D eigenvalue weighted by atomic mass is 16.2. The summed E-state index contributed by atoms with van der Waals surface area (Å²) in [6.07, 6.45) is 1.70. The molecule has 0 bridgehead atoms. The van der Waals surface area contributed by atoms with E-state index in [0.717, 1.165) is 23.2 Å². The molecular formula is C14H18N2O2. The van der Waals surface area contributed by atoms with Crippen LogP contribution in [-0.4, -0.2) is 18.2 Å². The van der Waals surface area contributed by atoms with Gasteiger partial charge in [0.15, 0.2) is 0 Å². The van der Waals surface area contributed by atoms with Crippen LogP contribution < -0.4 is 10.6 Å². The molecule has 1 aliphatic heterocycles. The number of fused-ring (bicyclic) bond motifs is 1. The molecule has 96 valence electrons. The van der Waals surface area contributed by atoms with Gasteiger partial charge in [-0.2, -0.15) is 0 Å². The number of rotatable bonds is 5. The molecule has 0 atom stereocenters. The Bertz CT molecular complexity index is 483. The van der Waals surface area contributed by atoms with E-state index in [4.69, 9.17) is 5.73 Å². The molecule has 0 radical (unpaired) electrons. The quantitative estimate of drug-likeness (QED) is 0.854. The molecule has 0 spiro atoms. The van der Waals surface area contributed by atoms with Gasteiger partial charge in [-0.1, -0.05) is 12.1 Å². The van der Waals surface area contributed by atoms with Crippen molar-refractivity contribution in [2.45, 2.75) is 32.7 Å². The van der Waals surface area contributed by atoms with E-state index in [9.17, 15) is 9.59 Å². The van der Waals surface area contributed by atoms with Crippen LogP contribution in [0.2, 0.25) is 0 Å². The fraction of sp³-hybridized carbons (Fsp3) is 0.429. The first-order chi connectivity index (χ1) is 8.61. The van der Waals surface area contributed by atoms with E-state index >= 15 is 0 Å². The monoisotopic (exact) mass is 246 g/mol. The number of hydrogen-bond donors (Lipinski definition) is 1. The van der Waals surface area contributed by atoms with Crippen molar-refractivity contribution in [1.29, 1.82) is 0 Å². The Labute approximate surface area is 107 Å². The zero-order chi connectivity index (χ0) is 13.1. The molecule has 0 fully saturated rings. The van der Waals surface area contributed by atoms with Crippen LogP contribution in [0.1, 0.15) is 30.9 Å². The second kappa shape index (κ2) is 5.31. The third-order valence-electron chi connectivity index (χ3n) is 3.22. The van der Waals surface area contributed by atoms with Gasteiger partial charge in [-0.25, -0.2) is 0 Å². The molecule has 4 heteroatoms. The minimum Gasteiger partial charge on any atom is -0.326 e. The van der Waals surface area contributed by atoms with Gasteiger partial charge in [-0.05, 0) is 30.5 Å². The molecular weight excluding hydrogens is 228 g/mol. The zero-order valence-corrected chi connectivity index (χ0v) is 10.6. The third-order valence-corrected chi connectivity index (χ3v) is 3.22. The van der Waals surface area contributed by atoms with E-state index < -0.39 is 0 Å². The summed E-state index contributed by atoms with van der Waals surface area (Å²) in [7, 11) is 0. The molecule has 1 aliphatic rings. The molecule has 0 aromatic heterocycles. The first-order valence-electron chi connectivity index (χ1n) is 6.23. The van der Waals surface area contributed by atoms with Crippen molar-refractivity contribution in [3.8, 4) is 0 Å². The van der Waals surface area contributed by atoms with Crippen molar-refractivity contribution in [1.82, 2.24) is 0 Å². The SMILES string of the molecule is CC(=O)CCCN1C(=O)Cc2cc(CN)ccc21. The van der Waals surface area contributed by atoms with Gasteiger partial charge in [-0.3, -0.25) is 4.79 Å². The number of nitrogens with two attached hydrogens (primary N) is 1. The smallest absolute Gasteiger partial charge is 0.231 e. The minimum absolute atomic E-state index is 0.114. The number of carbonyl (C=O) groups excluding carboxylic acids is 2. The lowest BCUT2D eigenvalue weighted by molar-refractivity contribution is -0.118. The van der Waals surface area contributed by atoms with Crippen LogP contribution in [-0.2, 0) is 22.6 Å². The van der Waals surface area contributed by atoms with Crippen molar-refractivity contribution in [2.75, 3.05) is 11.4 Å². The lowest BCUT2D eigenvalue weighted by Crippen LogP contribution is -2.28. The number of Topliss-reactive ketones (excluding diaryl/α,β-unsaturated/α-hetero) is 1. The molecule has 1 amide bonds. The van der Waals surface area contributed by atoms with E-state index in [2.05, 4.69) is 0 Å². The number of nitrogens with zero attached hydrogens (tertiary/aromatic N) is 1. The number of benzene rings is 1. The van der Waals surface area contributed by atoms with Gasteiger partial charge in [0, 0.05) is 25.2 Å². The number of amides is 1. The predicted molar refractivity (Wildman–Crippen MR) is 70.3 cm³/mol. The van der Waals surface area contributed by atoms with Crippen LogP contribution in [0.3, 0.4) is 0 Å². The highest BCUT2D eigenvalue weighted by Gasteiger charge is 2.26. The molecule has 0 aliphatic carbocycles. The Balaban J connectivity index is 2.10. The standard InChI is InChI=1S/C14H18N2O2/c1-10(17)3-2-6-16-13-5-4-11(9-15)7-12(13)8-14(16)18/h4-5,7H,2-3,6,8-9,15H2,1H3. The van der Waals surface area contributed by atoms with Crippen LogP contribution in [0, 0.1) is 0 Å². The van der Waals surface area contributed by atoms with E-state index in [-0.39, 0.29) is 11.7 Å². The summed E-state index contributed by atoms with van der Waals surface area (Å²) < 4.78 is 0. The Morgan fingerprint density at radius 2 is 2.22 bits per heavy atom. The summed E-state index contributed by atoms with van der Waals surface area (Å²) in [5.74, 6) is 0.281. The van der Waals surface area contributed by atoms with Crippen molar-refractivity contribution in [3.05, 3.63) is 29.3 Å². The molecule has 18 heavy (non-hydrogen) atoms. The van der Waals surface area contributed by atoms with Gasteiger partial charge in [-0.15, -0.1) is 0 Å². The second-order valence-electron chi connectivity index (χ2n) is 4.69. The first-order valence-corrected chi connectivity index (χ1v) is 6.23. The van der Waals surface area contributed by atoms with Crippen molar-refractivity contribution >= 4 is 17.4 Å². The average molecular weight is 246 g/mol. The molecule has 1 aromatic carbocycles. The maximum atomic E-state index is 11.9. The number of ketones is 1. The lowest BCUT2D eigenvalue weighted by atomic mass is 10.1. The van der Waals surface area contributed by atoms with Crippen molar-refractivity contribution in [2.24, 2.45) is 5.73 Å². The maximum Gasteiger partial charge on any atom is 0.231 e. The Kier molecular flexibility index (Phi) is 3.77. The summed E-state index contributed by atoms with van der Waals surface area (Å²) in [6, 6.07) is 5.91. The molecule has 1 heterocycles. The summed E-state index contributed by atoms with van der Waals surface area (Å²) in [5, 5.41) is 0. The Morgan fingerprint density at radius 3 is 2.89 bits per heavy atom. The van der Waals surface area contributed by atoms with E-state index in [1.807, 2.05) is 18.2 Å². The number of anilines is 1. The van der Waals surface area contributed by atoms with E-state index in [1.165, 1.54) is 0 Å². The van der Waals surface area contributed by atoms with Gasteiger partial charge < -0.3 is 15.4 Å². The molecule has 0 saturated heterocycles. The summed E-state index contributed by atoms with van der Waals surface area (Å²) in [4.78, 5) is 24.6. The second-order valence-corrected chi connectivity index (χ2v) is 4.69. The van der Waals surface area contributed by atoms with Crippen LogP contribution in [0.4, 0.5) is 5.69 Å². The van der Waals surface area contributed by atoms with Crippen molar-refractivity contribution < 1.29 is 9.59 Å². The minimum atomic E-state index is 0.114. The fourth-order valence-electron chi connectivity index (χ4n) is 2.29. The van der Waals surface area contributed by atoms with Crippen LogP contribution in [0.5, 0.6) is 0 Å². The zero-order valence-electron chi connectivity index (χ0n) is 10.6. The summed E-state index contributed by atoms with van der Waals surface area (Å²) in [5.41, 5.74) is 8.66. The molecule has 4 nitrogen and oxygen atoms in total. The average Bonchev–Trinajstić information content (AvgIpc) is 2.64. The highest BCUT2D eigenvalue weighted by Crippen LogP contribution is 2.29. The Hall–Kier alpha value is -1.68. The first kappa shape index (κ1) is 12.8. The molecule has 1 aromatic rings. The fourth-order valence-corrected chi connectivity index (χ4v) is 2.29. The third kappa shape index (κ3) is 2.59. The normalized spacial score (nSPS) is 13.9. The number of carbonyl (C=O) groups is 2. The van der Waals surface area contributed by atoms with Gasteiger partial charge in [0.05, 0.1) is 6.42 Å². The molecule has 0 saturated carbocycles. The molecule has 2 rings (SSSR count). The van der Waals surface area contributed by atoms with Gasteiger partial charge in [0.2, 0.25) is 5.91 Å². The van der Waals surface area contributed by atoms with Gasteiger partial charge in [0.25, 0.3) is 0 Å². The lowest BCUT2D eigenvalue weighted by Gasteiger charge is -2.17. The highest BCUT2D eigenvalue weighted by molar-refractivity contribution is 6.01. The topological polar surface area (TPSA) is 63.4 Å². The maximum absolute atomic E-state index is 11.9. The molecule has 2 N–H and O–H groups in total. The predicted octanol–water partition coefficient (Wildman–Crippen LogP) is 1.40. The van der Waals surface area contributed by atoms with Crippen LogP contribution in [0.15, 0.2) is 18.2 Å². The Morgan fingerprint density at radius 1 is 1.44 bits per heavy atom. The van der Waals surface area contributed by atoms with E-state index in [0.29, 0.717) is 25.9 Å². The van der Waals surface area contributed by atoms with Crippen LogP contribution in [0.25, 0.3) is 0 Å². The number of hydrogen-bond acceptors (Lipinski definition) is 3. The van der Waals surface area contributed by atoms with Crippen molar-refractivity contribution in [3.63, 3.8) is 0 Å². The summed E-state index contributed by atoms with van der Waals surface area (Å²) in [6.45, 7) is 2.69. The summed E-state index contributed by atoms with van der Waals surface area (Å²) >= 11 is 0. The van der Waals surface area contributed by atoms with E-state index in [1.54, 1.807) is 11.8 Å². The molecule has 0 unspecified atom stereocenters. The van der Waals surface area contributed by atoms with Gasteiger partial charge in [0.1, 0.15) is 5.78 Å².